The summed E-state index contributed by atoms with van der Waals surface area (Å²) in [6, 6.07) is 10.2. The van der Waals surface area contributed by atoms with E-state index < -0.39 is 0 Å². The van der Waals surface area contributed by atoms with Crippen LogP contribution in [0.4, 0.5) is 0 Å². The van der Waals surface area contributed by atoms with Gasteiger partial charge in [0.1, 0.15) is 0 Å². The van der Waals surface area contributed by atoms with E-state index in [2.05, 4.69) is 51.8 Å². The molecule has 31 heavy (non-hydrogen) atoms. The molecule has 1 aliphatic heterocycles. The molecule has 3 aromatic rings. The first-order valence-electron chi connectivity index (χ1n) is 10.9. The minimum Gasteiger partial charge on any atom is -0.342 e. The van der Waals surface area contributed by atoms with Gasteiger partial charge in [0.15, 0.2) is 11.0 Å². The average molecular weight is 436 g/mol. The van der Waals surface area contributed by atoms with Crippen LogP contribution in [0.25, 0.3) is 17.1 Å². The van der Waals surface area contributed by atoms with Crippen LogP contribution in [0.15, 0.2) is 47.9 Å². The lowest BCUT2D eigenvalue weighted by Crippen LogP contribution is -2.37. The third-order valence-corrected chi connectivity index (χ3v) is 6.90. The van der Waals surface area contributed by atoms with Crippen LogP contribution in [0.1, 0.15) is 43.7 Å². The summed E-state index contributed by atoms with van der Waals surface area (Å²) in [5, 5.41) is 9.49. The highest BCUT2D eigenvalue weighted by Gasteiger charge is 2.26. The Morgan fingerprint density at radius 1 is 0.968 bits per heavy atom. The van der Waals surface area contributed by atoms with E-state index in [1.54, 1.807) is 12.4 Å². The van der Waals surface area contributed by atoms with Crippen LogP contribution in [-0.2, 0) is 4.79 Å². The van der Waals surface area contributed by atoms with E-state index in [4.69, 9.17) is 0 Å². The summed E-state index contributed by atoms with van der Waals surface area (Å²) in [6.07, 6.45) is 8.12. The first kappa shape index (κ1) is 21.6. The molecule has 162 valence electrons. The number of hydrogen-bond donors (Lipinski definition) is 0. The molecule has 4 rings (SSSR count). The van der Waals surface area contributed by atoms with Crippen LogP contribution in [0, 0.1) is 13.8 Å². The Labute approximate surface area is 188 Å². The first-order chi connectivity index (χ1) is 15.0. The fraction of sp³-hybridized carbons (Fsp3) is 0.417. The summed E-state index contributed by atoms with van der Waals surface area (Å²) < 4.78 is 2.05. The molecular weight excluding hydrogens is 406 g/mol. The molecule has 3 heterocycles. The largest absolute Gasteiger partial charge is 0.342 e. The van der Waals surface area contributed by atoms with Crippen LogP contribution in [-0.4, -0.2) is 48.9 Å². The van der Waals surface area contributed by atoms with Crippen LogP contribution in [0.5, 0.6) is 0 Å². The summed E-state index contributed by atoms with van der Waals surface area (Å²) in [7, 11) is 0. The maximum absolute atomic E-state index is 13.1. The second-order valence-electron chi connectivity index (χ2n) is 8.15. The maximum Gasteiger partial charge on any atom is 0.235 e. The fourth-order valence-corrected chi connectivity index (χ4v) is 4.84. The summed E-state index contributed by atoms with van der Waals surface area (Å²) in [5.74, 6) is 0.939. The molecule has 0 saturated carbocycles. The average Bonchev–Trinajstić information content (AvgIpc) is 3.00. The van der Waals surface area contributed by atoms with Crippen molar-refractivity contribution in [2.24, 2.45) is 0 Å². The van der Waals surface area contributed by atoms with Crippen LogP contribution < -0.4 is 0 Å². The Balaban J connectivity index is 1.68. The van der Waals surface area contributed by atoms with Gasteiger partial charge in [0.2, 0.25) is 5.91 Å². The Morgan fingerprint density at radius 2 is 1.68 bits per heavy atom. The van der Waals surface area contributed by atoms with Crippen molar-refractivity contribution in [1.82, 2.24) is 24.6 Å². The number of nitrogens with zero attached hydrogens (tertiary/aromatic N) is 5. The minimum absolute atomic E-state index is 0.187. The molecule has 1 unspecified atom stereocenters. The molecule has 0 radical (unpaired) electrons. The number of pyridine rings is 1. The standard InChI is InChI=1S/C24H29N5OS/c1-17-8-9-21(16-18(17)2)29-22(20-10-12-25-13-11-20)26-27-24(29)31-19(3)23(30)28-14-6-4-5-7-15-28/h8-13,16,19H,4-7,14-15H2,1-3H3. The van der Waals surface area contributed by atoms with Crippen LogP contribution >= 0.6 is 11.8 Å². The lowest BCUT2D eigenvalue weighted by molar-refractivity contribution is -0.130. The molecule has 0 aliphatic carbocycles. The SMILES string of the molecule is Cc1ccc(-n2c(SC(C)C(=O)N3CCCCCC3)nnc2-c2ccncc2)cc1C. The Morgan fingerprint density at radius 3 is 2.35 bits per heavy atom. The van der Waals surface area contributed by atoms with E-state index in [0.717, 1.165) is 48.2 Å². The zero-order chi connectivity index (χ0) is 21.8. The second kappa shape index (κ2) is 9.64. The topological polar surface area (TPSA) is 63.9 Å². The highest BCUT2D eigenvalue weighted by Crippen LogP contribution is 2.31. The molecule has 2 aromatic heterocycles. The minimum atomic E-state index is -0.224. The van der Waals surface area contributed by atoms with Crippen LogP contribution in [0.3, 0.4) is 0 Å². The highest BCUT2D eigenvalue weighted by atomic mass is 32.2. The number of carbonyl (C=O) groups is 1. The smallest absolute Gasteiger partial charge is 0.235 e. The quantitative estimate of drug-likeness (QED) is 0.537. The van der Waals surface area contributed by atoms with Crippen molar-refractivity contribution in [3.63, 3.8) is 0 Å². The normalized spacial score (nSPS) is 15.5. The zero-order valence-electron chi connectivity index (χ0n) is 18.4. The first-order valence-corrected chi connectivity index (χ1v) is 11.8. The van der Waals surface area contributed by atoms with Gasteiger partial charge in [-0.25, -0.2) is 0 Å². The fourth-order valence-electron chi connectivity index (χ4n) is 3.89. The summed E-state index contributed by atoms with van der Waals surface area (Å²) >= 11 is 1.48. The number of benzene rings is 1. The van der Waals surface area contributed by atoms with Gasteiger partial charge in [-0.15, -0.1) is 10.2 Å². The number of aryl methyl sites for hydroxylation is 2. The van der Waals surface area contributed by atoms with E-state index in [-0.39, 0.29) is 11.2 Å². The van der Waals surface area contributed by atoms with Gasteiger partial charge < -0.3 is 4.90 Å². The highest BCUT2D eigenvalue weighted by molar-refractivity contribution is 8.00. The molecule has 1 aromatic carbocycles. The second-order valence-corrected chi connectivity index (χ2v) is 9.45. The molecule has 1 aliphatic rings. The van der Waals surface area contributed by atoms with Crippen molar-refractivity contribution in [3.05, 3.63) is 53.9 Å². The number of aromatic nitrogens is 4. The lowest BCUT2D eigenvalue weighted by Gasteiger charge is -2.23. The summed E-state index contributed by atoms with van der Waals surface area (Å²) in [6.45, 7) is 7.90. The van der Waals surface area contributed by atoms with Gasteiger partial charge >= 0.3 is 0 Å². The van der Waals surface area contributed by atoms with Crippen molar-refractivity contribution in [1.29, 1.82) is 0 Å². The van der Waals surface area contributed by atoms with Gasteiger partial charge in [0.25, 0.3) is 0 Å². The number of thioether (sulfide) groups is 1. The maximum atomic E-state index is 13.1. The van der Waals surface area contributed by atoms with Gasteiger partial charge in [-0.3, -0.25) is 14.3 Å². The summed E-state index contributed by atoms with van der Waals surface area (Å²) in [4.78, 5) is 19.3. The van der Waals surface area contributed by atoms with Gasteiger partial charge in [0, 0.05) is 31.0 Å². The molecule has 1 saturated heterocycles. The number of likely N-dealkylation sites (tertiary alicyclic amines) is 1. The molecule has 6 nitrogen and oxygen atoms in total. The van der Waals surface area contributed by atoms with E-state index >= 15 is 0 Å². The lowest BCUT2D eigenvalue weighted by atomic mass is 10.1. The third kappa shape index (κ3) is 4.82. The Hall–Kier alpha value is -2.67. The van der Waals surface area contributed by atoms with E-state index in [1.807, 2.05) is 24.0 Å². The predicted molar refractivity (Wildman–Crippen MR) is 124 cm³/mol. The Bertz CT molecular complexity index is 1040. The monoisotopic (exact) mass is 435 g/mol. The van der Waals surface area contributed by atoms with E-state index in [0.29, 0.717) is 0 Å². The molecule has 1 atom stereocenters. The van der Waals surface area contributed by atoms with Crippen molar-refractivity contribution < 1.29 is 4.79 Å². The molecular formula is C24H29N5OS. The number of rotatable bonds is 5. The predicted octanol–water partition coefficient (Wildman–Crippen LogP) is 4.83. The van der Waals surface area contributed by atoms with Gasteiger partial charge in [0.05, 0.1) is 10.9 Å². The van der Waals surface area contributed by atoms with Gasteiger partial charge in [-0.1, -0.05) is 30.7 Å². The van der Waals surface area contributed by atoms with Crippen molar-refractivity contribution in [2.75, 3.05) is 13.1 Å². The number of carbonyl (C=O) groups excluding carboxylic acids is 1. The van der Waals surface area contributed by atoms with Gasteiger partial charge in [-0.2, -0.15) is 0 Å². The van der Waals surface area contributed by atoms with Crippen LogP contribution in [0.2, 0.25) is 0 Å². The third-order valence-electron chi connectivity index (χ3n) is 5.87. The van der Waals surface area contributed by atoms with E-state index in [1.165, 1.54) is 35.7 Å². The molecule has 0 spiro atoms. The summed E-state index contributed by atoms with van der Waals surface area (Å²) in [5.41, 5.74) is 4.38. The zero-order valence-corrected chi connectivity index (χ0v) is 19.2. The van der Waals surface area contributed by atoms with E-state index in [9.17, 15) is 4.79 Å². The molecule has 7 heteroatoms. The molecule has 0 bridgehead atoms. The number of hydrogen-bond acceptors (Lipinski definition) is 5. The van der Waals surface area contributed by atoms with Crippen molar-refractivity contribution in [2.45, 2.75) is 56.9 Å². The van der Waals surface area contributed by atoms with Gasteiger partial charge in [-0.05, 0) is 69.0 Å². The Kier molecular flexibility index (Phi) is 6.70. The molecule has 1 amide bonds. The molecule has 0 N–H and O–H groups in total. The molecule has 1 fully saturated rings. The number of amides is 1. The van der Waals surface area contributed by atoms with Crippen molar-refractivity contribution >= 4 is 17.7 Å². The van der Waals surface area contributed by atoms with Crippen molar-refractivity contribution in [3.8, 4) is 17.1 Å².